The lowest BCUT2D eigenvalue weighted by molar-refractivity contribution is -0.0136. The number of fused-ring (bicyclic) bond motifs is 1. The van der Waals surface area contributed by atoms with Crippen molar-refractivity contribution in [1.82, 2.24) is 19.5 Å². The van der Waals surface area contributed by atoms with Gasteiger partial charge in [-0.2, -0.15) is 0 Å². The molecule has 1 aliphatic heterocycles. The van der Waals surface area contributed by atoms with Gasteiger partial charge in [0.1, 0.15) is 21.9 Å². The first-order valence-corrected chi connectivity index (χ1v) is 9.79. The highest BCUT2D eigenvalue weighted by Gasteiger charge is 2.25. The number of aliphatic hydroxyl groups is 1. The van der Waals surface area contributed by atoms with Crippen LogP contribution in [0, 0.1) is 12.7 Å². The van der Waals surface area contributed by atoms with Gasteiger partial charge in [0.25, 0.3) is 0 Å². The predicted octanol–water partition coefficient (Wildman–Crippen LogP) is 3.14. The van der Waals surface area contributed by atoms with Crippen molar-refractivity contribution in [2.24, 2.45) is 0 Å². The molecule has 144 valence electrons. The van der Waals surface area contributed by atoms with Gasteiger partial charge >= 0.3 is 0 Å². The maximum Gasteiger partial charge on any atom is 0.223 e. The zero-order valence-corrected chi connectivity index (χ0v) is 16.3. The lowest BCUT2D eigenvalue weighted by Crippen LogP contribution is -2.42. The second-order valence-electron chi connectivity index (χ2n) is 7.00. The van der Waals surface area contributed by atoms with Gasteiger partial charge in [-0.15, -0.1) is 11.3 Å². The molecule has 1 saturated heterocycles. The van der Waals surface area contributed by atoms with E-state index < -0.39 is 11.9 Å². The highest BCUT2D eigenvalue weighted by molar-refractivity contribution is 7.21. The number of halogens is 1. The Morgan fingerprint density at radius 1 is 1.41 bits per heavy atom. The zero-order valence-electron chi connectivity index (χ0n) is 15.4. The quantitative estimate of drug-likeness (QED) is 0.711. The monoisotopic (exact) mass is 391 g/mol. The minimum absolute atomic E-state index is 0.214. The van der Waals surface area contributed by atoms with Crippen LogP contribution in [0.4, 0.5) is 10.3 Å². The Bertz CT molecular complexity index is 970. The zero-order chi connectivity index (χ0) is 19.1. The molecule has 0 aliphatic carbocycles. The number of hydrogen-bond acceptors (Lipinski definition) is 7. The maximum absolute atomic E-state index is 14.4. The number of aromatic nitrogens is 4. The van der Waals surface area contributed by atoms with Gasteiger partial charge in [-0.05, 0) is 33.3 Å². The lowest BCUT2D eigenvalue weighted by Gasteiger charge is -2.28. The Morgan fingerprint density at radius 2 is 2.22 bits per heavy atom. The van der Waals surface area contributed by atoms with Crippen LogP contribution < -0.4 is 5.32 Å². The average molecular weight is 391 g/mol. The second kappa shape index (κ2) is 7.14. The van der Waals surface area contributed by atoms with Crippen LogP contribution in [0.3, 0.4) is 0 Å². The van der Waals surface area contributed by atoms with E-state index in [9.17, 15) is 9.50 Å². The third kappa shape index (κ3) is 3.42. The van der Waals surface area contributed by atoms with Crippen LogP contribution in [0.25, 0.3) is 20.9 Å². The molecular formula is C18H22FN5O2S. The smallest absolute Gasteiger partial charge is 0.223 e. The fraction of sp³-hybridized carbons (Fsp3) is 0.500. The van der Waals surface area contributed by atoms with Gasteiger partial charge in [0.2, 0.25) is 5.95 Å². The van der Waals surface area contributed by atoms with Crippen molar-refractivity contribution in [2.75, 3.05) is 18.5 Å². The van der Waals surface area contributed by atoms with E-state index in [0.717, 1.165) is 22.4 Å². The number of aliphatic hydroxyl groups excluding tert-OH is 1. The lowest BCUT2D eigenvalue weighted by atomic mass is 10.1. The minimum Gasteiger partial charge on any atom is -0.389 e. The molecule has 27 heavy (non-hydrogen) atoms. The molecule has 0 amide bonds. The van der Waals surface area contributed by atoms with Crippen LogP contribution in [-0.2, 0) is 4.74 Å². The molecule has 0 spiro atoms. The topological polar surface area (TPSA) is 85.1 Å². The molecule has 4 heterocycles. The van der Waals surface area contributed by atoms with Crippen molar-refractivity contribution in [1.29, 1.82) is 0 Å². The Balaban J connectivity index is 1.68. The normalized spacial score (nSPS) is 20.5. The molecule has 3 aromatic heterocycles. The number of nitrogens with zero attached hydrogens (tertiary/aromatic N) is 4. The molecule has 0 unspecified atom stereocenters. The molecule has 2 atom stereocenters. The Hall–Kier alpha value is -2.10. The number of nitrogens with one attached hydrogen (secondary N) is 1. The van der Waals surface area contributed by atoms with Crippen LogP contribution in [0.2, 0.25) is 0 Å². The average Bonchev–Trinajstić information content (AvgIpc) is 3.14. The number of thiophene rings is 1. The number of hydrogen-bond donors (Lipinski definition) is 2. The first-order chi connectivity index (χ1) is 12.9. The van der Waals surface area contributed by atoms with Crippen molar-refractivity contribution in [3.05, 3.63) is 23.9 Å². The summed E-state index contributed by atoms with van der Waals surface area (Å²) in [6.45, 7) is 6.99. The summed E-state index contributed by atoms with van der Waals surface area (Å²) in [6.07, 6.45) is 1.16. The summed E-state index contributed by atoms with van der Waals surface area (Å²) in [4.78, 5) is 14.7. The SMILES string of the molecule is Cc1nc2cc(-c3nc(N[C@@H]4CCOC[C@H]4O)ncc3F)sc2n1C(C)C. The largest absolute Gasteiger partial charge is 0.389 e. The van der Waals surface area contributed by atoms with E-state index in [-0.39, 0.29) is 24.4 Å². The van der Waals surface area contributed by atoms with Crippen molar-refractivity contribution < 1.29 is 14.2 Å². The van der Waals surface area contributed by atoms with Crippen molar-refractivity contribution >= 4 is 27.6 Å². The van der Waals surface area contributed by atoms with Crippen molar-refractivity contribution in [3.63, 3.8) is 0 Å². The Morgan fingerprint density at radius 3 is 2.96 bits per heavy atom. The molecule has 9 heteroatoms. The molecule has 0 bridgehead atoms. The van der Waals surface area contributed by atoms with E-state index in [1.54, 1.807) is 0 Å². The molecule has 3 aromatic rings. The molecule has 1 aliphatic rings. The number of aryl methyl sites for hydroxylation is 1. The van der Waals surface area contributed by atoms with Crippen molar-refractivity contribution in [3.8, 4) is 10.6 Å². The molecule has 7 nitrogen and oxygen atoms in total. The first kappa shape index (κ1) is 18.3. The first-order valence-electron chi connectivity index (χ1n) is 8.97. The number of rotatable bonds is 4. The van der Waals surface area contributed by atoms with Crippen LogP contribution in [-0.4, -0.2) is 50.0 Å². The fourth-order valence-electron chi connectivity index (χ4n) is 3.39. The predicted molar refractivity (Wildman–Crippen MR) is 103 cm³/mol. The molecule has 0 radical (unpaired) electrons. The minimum atomic E-state index is -0.640. The third-order valence-electron chi connectivity index (χ3n) is 4.68. The molecule has 0 saturated carbocycles. The van der Waals surface area contributed by atoms with Gasteiger partial charge in [0, 0.05) is 12.6 Å². The maximum atomic E-state index is 14.4. The van der Waals surface area contributed by atoms with Gasteiger partial charge in [-0.25, -0.2) is 19.3 Å². The highest BCUT2D eigenvalue weighted by atomic mass is 32.1. The highest BCUT2D eigenvalue weighted by Crippen LogP contribution is 2.35. The van der Waals surface area contributed by atoms with Gasteiger partial charge in [0.15, 0.2) is 5.82 Å². The van der Waals surface area contributed by atoms with E-state index in [1.807, 2.05) is 13.0 Å². The molecule has 0 aromatic carbocycles. The van der Waals surface area contributed by atoms with Gasteiger partial charge in [-0.3, -0.25) is 0 Å². The molecule has 1 fully saturated rings. The molecular weight excluding hydrogens is 369 g/mol. The van der Waals surface area contributed by atoms with Gasteiger partial charge < -0.3 is 19.7 Å². The number of anilines is 1. The number of imidazole rings is 1. The van der Waals surface area contributed by atoms with E-state index >= 15 is 0 Å². The summed E-state index contributed by atoms with van der Waals surface area (Å²) < 4.78 is 21.8. The number of ether oxygens (including phenoxy) is 1. The van der Waals surface area contributed by atoms with E-state index in [1.165, 1.54) is 11.3 Å². The fourth-order valence-corrected chi connectivity index (χ4v) is 4.66. The van der Waals surface area contributed by atoms with E-state index in [0.29, 0.717) is 23.9 Å². The summed E-state index contributed by atoms with van der Waals surface area (Å²) in [5.41, 5.74) is 1.08. The van der Waals surface area contributed by atoms with Crippen LogP contribution in [0.1, 0.15) is 32.1 Å². The molecule has 4 rings (SSSR count). The van der Waals surface area contributed by atoms with Crippen LogP contribution >= 0.6 is 11.3 Å². The summed E-state index contributed by atoms with van der Waals surface area (Å²) in [5, 5.41) is 13.1. The van der Waals surface area contributed by atoms with Gasteiger partial charge in [0.05, 0.1) is 29.8 Å². The molecule has 2 N–H and O–H groups in total. The summed E-state index contributed by atoms with van der Waals surface area (Å²) in [5.74, 6) is 0.757. The second-order valence-corrected chi connectivity index (χ2v) is 8.03. The Labute approximate surface area is 160 Å². The summed E-state index contributed by atoms with van der Waals surface area (Å²) in [6, 6.07) is 1.92. The van der Waals surface area contributed by atoms with E-state index in [4.69, 9.17) is 4.74 Å². The third-order valence-corrected chi connectivity index (χ3v) is 5.81. The van der Waals surface area contributed by atoms with E-state index in [2.05, 4.69) is 38.7 Å². The summed E-state index contributed by atoms with van der Waals surface area (Å²) >= 11 is 1.47. The van der Waals surface area contributed by atoms with Crippen LogP contribution in [0.15, 0.2) is 12.3 Å². The van der Waals surface area contributed by atoms with Crippen molar-refractivity contribution in [2.45, 2.75) is 45.4 Å². The van der Waals surface area contributed by atoms with Gasteiger partial charge in [-0.1, -0.05) is 0 Å². The summed E-state index contributed by atoms with van der Waals surface area (Å²) in [7, 11) is 0. The standard InChI is InChI=1S/C18H22FN5O2S/c1-9(2)24-10(3)21-13-6-15(27-17(13)24)16-11(19)7-20-18(23-16)22-12-4-5-26-8-14(12)25/h6-7,9,12,14,25H,4-5,8H2,1-3H3,(H,20,22,23)/t12-,14-/m1/s1. The Kier molecular flexibility index (Phi) is 4.83. The van der Waals surface area contributed by atoms with Crippen LogP contribution in [0.5, 0.6) is 0 Å².